The molecule has 25 heavy (non-hydrogen) atoms. The fourth-order valence-corrected chi connectivity index (χ4v) is 5.21. The number of hydrogen-bond donors (Lipinski definition) is 0. The highest BCUT2D eigenvalue weighted by Crippen LogP contribution is 2.24. The summed E-state index contributed by atoms with van der Waals surface area (Å²) in [6, 6.07) is 9.16. The lowest BCUT2D eigenvalue weighted by Crippen LogP contribution is -2.41. The molecular formula is C16H19N3O4S2. The number of benzene rings is 1. The van der Waals surface area contributed by atoms with Crippen LogP contribution in [-0.2, 0) is 14.6 Å². The van der Waals surface area contributed by atoms with Crippen molar-refractivity contribution < 1.29 is 17.6 Å². The summed E-state index contributed by atoms with van der Waals surface area (Å²) in [5.74, 6) is 0.633. The van der Waals surface area contributed by atoms with Crippen molar-refractivity contribution in [2.24, 2.45) is 0 Å². The predicted octanol–water partition coefficient (Wildman–Crippen LogP) is 1.86. The maximum Gasteiger partial charge on any atom is 0.277 e. The number of carbonyl (C=O) groups is 1. The van der Waals surface area contributed by atoms with Crippen LogP contribution in [0.1, 0.15) is 13.3 Å². The van der Waals surface area contributed by atoms with Crippen LogP contribution in [0.4, 0.5) is 0 Å². The summed E-state index contributed by atoms with van der Waals surface area (Å²) in [6.45, 7) is 2.34. The second kappa shape index (κ2) is 7.57. The third-order valence-electron chi connectivity index (χ3n) is 4.06. The normalized spacial score (nSPS) is 19.0. The highest BCUT2D eigenvalue weighted by atomic mass is 32.2. The molecule has 1 atom stereocenters. The topological polar surface area (TPSA) is 93.4 Å². The van der Waals surface area contributed by atoms with Crippen LogP contribution in [0.25, 0.3) is 11.5 Å². The molecule has 1 fully saturated rings. The van der Waals surface area contributed by atoms with Gasteiger partial charge in [-0.25, -0.2) is 8.42 Å². The molecule has 3 rings (SSSR count). The first-order valence-electron chi connectivity index (χ1n) is 8.00. The first kappa shape index (κ1) is 17.9. The van der Waals surface area contributed by atoms with E-state index in [2.05, 4.69) is 10.2 Å². The molecule has 0 radical (unpaired) electrons. The zero-order valence-electron chi connectivity index (χ0n) is 13.8. The summed E-state index contributed by atoms with van der Waals surface area (Å²) in [4.78, 5) is 14.1. The van der Waals surface area contributed by atoms with Gasteiger partial charge in [-0.15, -0.1) is 10.2 Å². The Balaban J connectivity index is 1.59. The van der Waals surface area contributed by atoms with E-state index in [1.165, 1.54) is 11.8 Å². The van der Waals surface area contributed by atoms with Gasteiger partial charge in [0.15, 0.2) is 9.84 Å². The highest BCUT2D eigenvalue weighted by molar-refractivity contribution is 7.99. The molecule has 0 unspecified atom stereocenters. The molecule has 1 aliphatic rings. The van der Waals surface area contributed by atoms with E-state index in [0.29, 0.717) is 24.1 Å². The summed E-state index contributed by atoms with van der Waals surface area (Å²) in [5.41, 5.74) is 0.819. The van der Waals surface area contributed by atoms with Gasteiger partial charge < -0.3 is 9.32 Å². The molecule has 1 aromatic heterocycles. The fourth-order valence-electron chi connectivity index (χ4n) is 2.83. The quantitative estimate of drug-likeness (QED) is 0.705. The van der Waals surface area contributed by atoms with E-state index >= 15 is 0 Å². The van der Waals surface area contributed by atoms with Gasteiger partial charge in [0.05, 0.1) is 17.3 Å². The van der Waals surface area contributed by atoms with Crippen molar-refractivity contribution >= 4 is 27.5 Å². The number of nitrogens with zero attached hydrogens (tertiary/aromatic N) is 3. The number of aromatic nitrogens is 2. The Hall–Kier alpha value is -1.87. The molecule has 9 heteroatoms. The lowest BCUT2D eigenvalue weighted by Gasteiger charge is -2.26. The van der Waals surface area contributed by atoms with E-state index in [1.54, 1.807) is 4.90 Å². The van der Waals surface area contributed by atoms with Crippen LogP contribution in [0.5, 0.6) is 0 Å². The summed E-state index contributed by atoms with van der Waals surface area (Å²) in [5, 5.41) is 8.26. The Morgan fingerprint density at radius 3 is 2.72 bits per heavy atom. The van der Waals surface area contributed by atoms with E-state index in [1.807, 2.05) is 37.3 Å². The Morgan fingerprint density at radius 1 is 1.32 bits per heavy atom. The Morgan fingerprint density at radius 2 is 2.08 bits per heavy atom. The first-order chi connectivity index (χ1) is 12.0. The molecule has 2 heterocycles. The van der Waals surface area contributed by atoms with Gasteiger partial charge in [-0.2, -0.15) is 0 Å². The largest absolute Gasteiger partial charge is 0.411 e. The molecule has 134 valence electrons. The molecule has 0 spiro atoms. The third-order valence-corrected chi connectivity index (χ3v) is 6.61. The van der Waals surface area contributed by atoms with E-state index in [4.69, 9.17) is 4.42 Å². The van der Waals surface area contributed by atoms with Gasteiger partial charge in [0, 0.05) is 18.2 Å². The molecule has 2 aromatic rings. The zero-order valence-corrected chi connectivity index (χ0v) is 15.4. The van der Waals surface area contributed by atoms with Crippen LogP contribution in [0.15, 0.2) is 40.0 Å². The lowest BCUT2D eigenvalue weighted by molar-refractivity contribution is -0.129. The standard InChI is InChI=1S/C16H19N3O4S2/c1-2-19(13-8-9-25(21,22)11-13)14(20)10-24-16-18-17-15(23-16)12-6-4-3-5-7-12/h3-7,13H,2,8-11H2,1H3/t13-/m0/s1. The van der Waals surface area contributed by atoms with Crippen LogP contribution in [0, 0.1) is 0 Å². The van der Waals surface area contributed by atoms with Gasteiger partial charge in [0.2, 0.25) is 11.8 Å². The number of amides is 1. The second-order valence-electron chi connectivity index (χ2n) is 5.76. The third kappa shape index (κ3) is 4.40. The molecule has 7 nitrogen and oxygen atoms in total. The van der Waals surface area contributed by atoms with E-state index in [0.717, 1.165) is 5.56 Å². The van der Waals surface area contributed by atoms with Gasteiger partial charge in [-0.3, -0.25) is 4.79 Å². The first-order valence-corrected chi connectivity index (χ1v) is 10.8. The lowest BCUT2D eigenvalue weighted by atomic mass is 10.2. The van der Waals surface area contributed by atoms with Crippen LogP contribution in [0.3, 0.4) is 0 Å². The predicted molar refractivity (Wildman–Crippen MR) is 94.9 cm³/mol. The molecule has 1 saturated heterocycles. The van der Waals surface area contributed by atoms with E-state index in [9.17, 15) is 13.2 Å². The summed E-state index contributed by atoms with van der Waals surface area (Å²) in [7, 11) is -3.02. The SMILES string of the molecule is CCN(C(=O)CSc1nnc(-c2ccccc2)o1)[C@H]1CCS(=O)(=O)C1. The minimum absolute atomic E-state index is 0.0515. The van der Waals surface area contributed by atoms with Gasteiger partial charge in [0.1, 0.15) is 0 Å². The number of rotatable bonds is 6. The van der Waals surface area contributed by atoms with Crippen molar-refractivity contribution in [2.75, 3.05) is 23.8 Å². The van der Waals surface area contributed by atoms with E-state index in [-0.39, 0.29) is 29.2 Å². The molecule has 1 aromatic carbocycles. The summed E-state index contributed by atoms with van der Waals surface area (Å²) >= 11 is 1.17. The van der Waals surface area contributed by atoms with Crippen molar-refractivity contribution in [3.63, 3.8) is 0 Å². The Labute approximate surface area is 150 Å². The molecule has 0 aliphatic carbocycles. The molecule has 1 amide bonds. The summed E-state index contributed by atoms with van der Waals surface area (Å²) < 4.78 is 28.8. The smallest absolute Gasteiger partial charge is 0.277 e. The van der Waals surface area contributed by atoms with Crippen molar-refractivity contribution in [1.82, 2.24) is 15.1 Å². The van der Waals surface area contributed by atoms with Gasteiger partial charge >= 0.3 is 0 Å². The Bertz CT molecular complexity index is 836. The maximum absolute atomic E-state index is 12.4. The van der Waals surface area contributed by atoms with Gasteiger partial charge in [-0.05, 0) is 25.5 Å². The van der Waals surface area contributed by atoms with Gasteiger partial charge in [-0.1, -0.05) is 30.0 Å². The number of sulfone groups is 1. The second-order valence-corrected chi connectivity index (χ2v) is 8.92. The van der Waals surface area contributed by atoms with Crippen LogP contribution < -0.4 is 0 Å². The van der Waals surface area contributed by atoms with Crippen LogP contribution >= 0.6 is 11.8 Å². The van der Waals surface area contributed by atoms with Crippen molar-refractivity contribution in [3.05, 3.63) is 30.3 Å². The molecule has 0 N–H and O–H groups in total. The zero-order chi connectivity index (χ0) is 17.9. The number of carbonyl (C=O) groups excluding carboxylic acids is 1. The minimum Gasteiger partial charge on any atom is -0.411 e. The average Bonchev–Trinajstić information content (AvgIpc) is 3.21. The van der Waals surface area contributed by atoms with Crippen LogP contribution in [-0.4, -0.2) is 59.3 Å². The monoisotopic (exact) mass is 381 g/mol. The minimum atomic E-state index is -3.02. The molecule has 1 aliphatic heterocycles. The molecule has 0 saturated carbocycles. The van der Waals surface area contributed by atoms with Crippen molar-refractivity contribution in [3.8, 4) is 11.5 Å². The van der Waals surface area contributed by atoms with Crippen molar-refractivity contribution in [1.29, 1.82) is 0 Å². The average molecular weight is 381 g/mol. The Kier molecular flexibility index (Phi) is 5.43. The highest BCUT2D eigenvalue weighted by Gasteiger charge is 2.33. The summed E-state index contributed by atoms with van der Waals surface area (Å²) in [6.07, 6.45) is 0.505. The molecular weight excluding hydrogens is 362 g/mol. The fraction of sp³-hybridized carbons (Fsp3) is 0.438. The maximum atomic E-state index is 12.4. The van der Waals surface area contributed by atoms with Gasteiger partial charge in [0.25, 0.3) is 5.22 Å². The number of thioether (sulfide) groups is 1. The number of hydrogen-bond acceptors (Lipinski definition) is 7. The van der Waals surface area contributed by atoms with E-state index < -0.39 is 9.84 Å². The van der Waals surface area contributed by atoms with Crippen LogP contribution in [0.2, 0.25) is 0 Å². The molecule has 0 bridgehead atoms. The van der Waals surface area contributed by atoms with Crippen molar-refractivity contribution in [2.45, 2.75) is 24.6 Å².